The number of ether oxygens (including phenoxy) is 2. The first-order valence-electron chi connectivity index (χ1n) is 9.05. The van der Waals surface area contributed by atoms with Gasteiger partial charge in [0.2, 0.25) is 5.88 Å². The van der Waals surface area contributed by atoms with Gasteiger partial charge in [0.05, 0.1) is 23.4 Å². The van der Waals surface area contributed by atoms with Crippen molar-refractivity contribution < 1.29 is 13.9 Å². The van der Waals surface area contributed by atoms with E-state index in [0.29, 0.717) is 31.9 Å². The molecule has 4 rings (SSSR count). The van der Waals surface area contributed by atoms with E-state index in [1.165, 1.54) is 19.2 Å². The molecule has 0 atom stereocenters. The van der Waals surface area contributed by atoms with Gasteiger partial charge < -0.3 is 9.47 Å². The minimum Gasteiger partial charge on any atom is -0.467 e. The number of hydrogen-bond donors (Lipinski definition) is 0. The van der Waals surface area contributed by atoms with Crippen molar-refractivity contribution in [2.75, 3.05) is 7.11 Å². The van der Waals surface area contributed by atoms with E-state index in [2.05, 4.69) is 9.97 Å². The van der Waals surface area contributed by atoms with Crippen molar-refractivity contribution in [2.45, 2.75) is 0 Å². The molecule has 0 unspecified atom stereocenters. The summed E-state index contributed by atoms with van der Waals surface area (Å²) in [7, 11) is 1.44. The van der Waals surface area contributed by atoms with Crippen LogP contribution in [-0.4, -0.2) is 17.1 Å². The average Bonchev–Trinajstić information content (AvgIpc) is 2.74. The summed E-state index contributed by atoms with van der Waals surface area (Å²) in [6, 6.07) is 18.0. The fourth-order valence-electron chi connectivity index (χ4n) is 2.98. The largest absolute Gasteiger partial charge is 0.467 e. The second-order valence-electron chi connectivity index (χ2n) is 6.43. The third kappa shape index (κ3) is 4.74. The Balaban J connectivity index is 1.99. The van der Waals surface area contributed by atoms with Crippen molar-refractivity contribution in [3.8, 4) is 40.0 Å². The molecule has 1 heterocycles. The molecule has 0 saturated carbocycles. The molecule has 1 aromatic heterocycles. The number of hydrogen-bond acceptors (Lipinski definition) is 4. The van der Waals surface area contributed by atoms with E-state index in [1.54, 1.807) is 54.6 Å². The lowest BCUT2D eigenvalue weighted by atomic mass is 10.00. The maximum atomic E-state index is 13.7. The molecule has 156 valence electrons. The molecule has 4 nitrogen and oxygen atoms in total. The summed E-state index contributed by atoms with van der Waals surface area (Å²) in [5.41, 5.74) is 2.31. The molecule has 0 spiro atoms. The zero-order chi connectivity index (χ0) is 22.0. The summed E-state index contributed by atoms with van der Waals surface area (Å²) >= 11 is 18.6. The maximum absolute atomic E-state index is 13.7. The molecule has 0 fully saturated rings. The van der Waals surface area contributed by atoms with Crippen LogP contribution in [0.5, 0.6) is 17.6 Å². The summed E-state index contributed by atoms with van der Waals surface area (Å²) in [6.07, 6.45) is 0. The van der Waals surface area contributed by atoms with Gasteiger partial charge in [0.1, 0.15) is 11.6 Å². The van der Waals surface area contributed by atoms with E-state index in [9.17, 15) is 4.39 Å². The summed E-state index contributed by atoms with van der Waals surface area (Å²) < 4.78 is 25.0. The van der Waals surface area contributed by atoms with Crippen molar-refractivity contribution in [3.63, 3.8) is 0 Å². The smallest absolute Gasteiger partial charge is 0.320 e. The van der Waals surface area contributed by atoms with Gasteiger partial charge in [-0.3, -0.25) is 0 Å². The topological polar surface area (TPSA) is 44.2 Å². The second kappa shape index (κ2) is 9.10. The fraction of sp³-hybridized carbons (Fsp3) is 0.0435. The van der Waals surface area contributed by atoms with Crippen LogP contribution in [0.25, 0.3) is 22.4 Å². The van der Waals surface area contributed by atoms with Gasteiger partial charge in [-0.05, 0) is 48.0 Å². The van der Waals surface area contributed by atoms with Crippen LogP contribution >= 0.6 is 34.8 Å². The zero-order valence-electron chi connectivity index (χ0n) is 16.1. The van der Waals surface area contributed by atoms with E-state index in [-0.39, 0.29) is 17.6 Å². The van der Waals surface area contributed by atoms with Crippen LogP contribution in [0.4, 0.5) is 4.39 Å². The standard InChI is InChI=1S/C23H14Cl3FN2O2/c1-30-23-28-21(18-10-9-15(25)11-19(18)26)20(13-5-7-14(24)8-6-13)22(29-23)31-17-4-2-3-16(27)12-17/h2-12H,1H3. The van der Waals surface area contributed by atoms with Crippen molar-refractivity contribution in [2.24, 2.45) is 0 Å². The SMILES string of the molecule is COc1nc(Oc2cccc(F)c2)c(-c2ccc(Cl)cc2)c(-c2ccc(Cl)cc2Cl)n1. The minimum atomic E-state index is -0.437. The third-order valence-electron chi connectivity index (χ3n) is 4.37. The lowest BCUT2D eigenvalue weighted by molar-refractivity contribution is 0.367. The van der Waals surface area contributed by atoms with Crippen molar-refractivity contribution in [1.29, 1.82) is 0 Å². The molecule has 0 aliphatic rings. The molecule has 0 radical (unpaired) electrons. The first kappa shape index (κ1) is 21.4. The highest BCUT2D eigenvalue weighted by Crippen LogP contribution is 2.42. The van der Waals surface area contributed by atoms with Crippen LogP contribution in [0, 0.1) is 5.82 Å². The van der Waals surface area contributed by atoms with Gasteiger partial charge in [-0.1, -0.05) is 53.0 Å². The van der Waals surface area contributed by atoms with Crippen LogP contribution < -0.4 is 9.47 Å². The van der Waals surface area contributed by atoms with E-state index in [1.807, 2.05) is 0 Å². The highest BCUT2D eigenvalue weighted by Gasteiger charge is 2.22. The molecule has 0 saturated heterocycles. The molecule has 3 aromatic carbocycles. The van der Waals surface area contributed by atoms with Crippen molar-refractivity contribution >= 4 is 34.8 Å². The van der Waals surface area contributed by atoms with Crippen LogP contribution in [0.3, 0.4) is 0 Å². The summed E-state index contributed by atoms with van der Waals surface area (Å²) in [6.45, 7) is 0. The molecule has 8 heteroatoms. The normalized spacial score (nSPS) is 10.7. The molecule has 0 N–H and O–H groups in total. The Morgan fingerprint density at radius 3 is 2.26 bits per heavy atom. The highest BCUT2D eigenvalue weighted by molar-refractivity contribution is 6.36. The van der Waals surface area contributed by atoms with Gasteiger partial charge in [0, 0.05) is 21.7 Å². The van der Waals surface area contributed by atoms with E-state index < -0.39 is 5.82 Å². The molecule has 0 aliphatic heterocycles. The Kier molecular flexibility index (Phi) is 6.28. The Bertz CT molecular complexity index is 1250. The predicted molar refractivity (Wildman–Crippen MR) is 121 cm³/mol. The molecule has 4 aromatic rings. The Morgan fingerprint density at radius 2 is 1.58 bits per heavy atom. The number of halogens is 4. The molecular weight excluding hydrogens is 462 g/mol. The van der Waals surface area contributed by atoms with Crippen LogP contribution in [0.1, 0.15) is 0 Å². The van der Waals surface area contributed by atoms with E-state index in [0.717, 1.165) is 5.56 Å². The quantitative estimate of drug-likeness (QED) is 0.296. The first-order chi connectivity index (χ1) is 14.9. The maximum Gasteiger partial charge on any atom is 0.320 e. The monoisotopic (exact) mass is 474 g/mol. The zero-order valence-corrected chi connectivity index (χ0v) is 18.3. The Labute approximate surface area is 193 Å². The number of aromatic nitrogens is 2. The predicted octanol–water partition coefficient (Wildman–Crippen LogP) is 7.71. The van der Waals surface area contributed by atoms with Gasteiger partial charge >= 0.3 is 6.01 Å². The van der Waals surface area contributed by atoms with Gasteiger partial charge in [0.25, 0.3) is 0 Å². The Morgan fingerprint density at radius 1 is 0.839 bits per heavy atom. The molecule has 0 bridgehead atoms. The number of methoxy groups -OCH3 is 1. The molecule has 0 amide bonds. The molecular formula is C23H14Cl3FN2O2. The fourth-order valence-corrected chi connectivity index (χ4v) is 3.61. The van der Waals surface area contributed by atoms with Gasteiger partial charge in [-0.15, -0.1) is 0 Å². The third-order valence-corrected chi connectivity index (χ3v) is 5.17. The molecule has 31 heavy (non-hydrogen) atoms. The van der Waals surface area contributed by atoms with E-state index >= 15 is 0 Å². The number of rotatable bonds is 5. The Hall–Kier alpha value is -2.86. The van der Waals surface area contributed by atoms with Gasteiger partial charge in [-0.25, -0.2) is 4.39 Å². The van der Waals surface area contributed by atoms with Crippen LogP contribution in [-0.2, 0) is 0 Å². The number of benzene rings is 3. The lowest BCUT2D eigenvalue weighted by Gasteiger charge is -2.16. The first-order valence-corrected chi connectivity index (χ1v) is 10.2. The summed E-state index contributed by atoms with van der Waals surface area (Å²) in [5, 5.41) is 1.44. The molecule has 0 aliphatic carbocycles. The highest BCUT2D eigenvalue weighted by atomic mass is 35.5. The second-order valence-corrected chi connectivity index (χ2v) is 7.71. The van der Waals surface area contributed by atoms with Gasteiger partial charge in [0.15, 0.2) is 0 Å². The van der Waals surface area contributed by atoms with Crippen molar-refractivity contribution in [1.82, 2.24) is 9.97 Å². The van der Waals surface area contributed by atoms with Crippen LogP contribution in [0.2, 0.25) is 15.1 Å². The number of nitrogens with zero attached hydrogens (tertiary/aromatic N) is 2. The lowest BCUT2D eigenvalue weighted by Crippen LogP contribution is -2.02. The summed E-state index contributed by atoms with van der Waals surface area (Å²) in [5.74, 6) is -0.00237. The van der Waals surface area contributed by atoms with Crippen LogP contribution in [0.15, 0.2) is 66.7 Å². The minimum absolute atomic E-state index is 0.0603. The average molecular weight is 476 g/mol. The van der Waals surface area contributed by atoms with Gasteiger partial charge in [-0.2, -0.15) is 9.97 Å². The van der Waals surface area contributed by atoms with Crippen molar-refractivity contribution in [3.05, 3.63) is 87.6 Å². The van der Waals surface area contributed by atoms with E-state index in [4.69, 9.17) is 44.3 Å². The summed E-state index contributed by atoms with van der Waals surface area (Å²) in [4.78, 5) is 8.89.